The fraction of sp³-hybridized carbons (Fsp3) is 0.250. The summed E-state index contributed by atoms with van der Waals surface area (Å²) in [5.41, 5.74) is 2.27. The van der Waals surface area contributed by atoms with E-state index in [1.54, 1.807) is 49.5 Å². The first-order chi connectivity index (χ1) is 18.8. The Hall–Kier alpha value is -4.36. The molecule has 5 rings (SSSR count). The van der Waals surface area contributed by atoms with Gasteiger partial charge < -0.3 is 9.88 Å². The summed E-state index contributed by atoms with van der Waals surface area (Å²) in [6.07, 6.45) is 5.94. The van der Waals surface area contributed by atoms with Gasteiger partial charge in [-0.05, 0) is 54.8 Å². The van der Waals surface area contributed by atoms with Gasteiger partial charge in [-0.2, -0.15) is 19.1 Å². The molecule has 0 spiro atoms. The molecule has 3 aromatic heterocycles. The Kier molecular flexibility index (Phi) is 7.26. The monoisotopic (exact) mass is 548 g/mol. The lowest BCUT2D eigenvalue weighted by Gasteiger charge is -2.22. The van der Waals surface area contributed by atoms with Crippen LogP contribution in [0, 0.1) is 17.2 Å². The van der Waals surface area contributed by atoms with Crippen molar-refractivity contribution in [2.24, 2.45) is 5.92 Å². The van der Waals surface area contributed by atoms with E-state index in [1.165, 1.54) is 23.0 Å². The van der Waals surface area contributed by atoms with E-state index in [-0.39, 0.29) is 22.8 Å². The van der Waals surface area contributed by atoms with E-state index >= 15 is 0 Å². The maximum Gasteiger partial charge on any atom is 0.333 e. The van der Waals surface area contributed by atoms with Gasteiger partial charge in [0.05, 0.1) is 40.9 Å². The number of nitrogens with zero attached hydrogens (tertiary/aromatic N) is 5. The van der Waals surface area contributed by atoms with Crippen LogP contribution >= 0.6 is 11.6 Å². The van der Waals surface area contributed by atoms with Crippen molar-refractivity contribution in [2.45, 2.75) is 38.8 Å². The highest BCUT2D eigenvalue weighted by Gasteiger charge is 2.26. The second kappa shape index (κ2) is 10.8. The lowest BCUT2D eigenvalue weighted by molar-refractivity contribution is -0.119. The number of alkyl halides is 2. The van der Waals surface area contributed by atoms with Crippen LogP contribution in [-0.4, -0.2) is 25.2 Å². The molecule has 11 heteroatoms. The first-order valence-electron chi connectivity index (χ1n) is 12.3. The highest BCUT2D eigenvalue weighted by molar-refractivity contribution is 6.30. The van der Waals surface area contributed by atoms with Gasteiger partial charge in [-0.3, -0.25) is 14.6 Å². The zero-order valence-electron chi connectivity index (χ0n) is 20.8. The second-order valence-corrected chi connectivity index (χ2v) is 9.83. The predicted octanol–water partition coefficient (Wildman–Crippen LogP) is 6.04. The fourth-order valence-electron chi connectivity index (χ4n) is 4.87. The van der Waals surface area contributed by atoms with Crippen molar-refractivity contribution >= 4 is 23.2 Å². The number of aromatic nitrogens is 4. The summed E-state index contributed by atoms with van der Waals surface area (Å²) in [6, 6.07) is 12.8. The number of amides is 1. The van der Waals surface area contributed by atoms with Gasteiger partial charge in [-0.15, -0.1) is 0 Å². The molecule has 2 bridgehead atoms. The van der Waals surface area contributed by atoms with Crippen LogP contribution < -0.4 is 10.9 Å². The molecule has 0 saturated carbocycles. The number of carbonyl (C=O) groups excluding carboxylic acids is 1. The maximum absolute atomic E-state index is 13.8. The number of hydrogen-bond acceptors (Lipinski definition) is 5. The molecule has 198 valence electrons. The molecule has 0 fully saturated rings. The topological polar surface area (TPSA) is 106 Å². The number of benzene rings is 1. The van der Waals surface area contributed by atoms with Crippen LogP contribution in [-0.2, 0) is 4.79 Å². The van der Waals surface area contributed by atoms with Crippen molar-refractivity contribution in [2.75, 3.05) is 5.32 Å². The normalized spacial score (nSPS) is 17.5. The SMILES string of the molecule is CC1CCCC(n2ccc(-c3cc(Cl)ccc3C#N)cc2=O)c2cc(ccn2)-c2c(cnn2C(F)F)NC1=O. The van der Waals surface area contributed by atoms with Crippen LogP contribution in [0.25, 0.3) is 22.4 Å². The van der Waals surface area contributed by atoms with Crippen LogP contribution in [0.4, 0.5) is 14.5 Å². The van der Waals surface area contributed by atoms with Crippen LogP contribution in [0.2, 0.25) is 5.02 Å². The lowest BCUT2D eigenvalue weighted by Crippen LogP contribution is -2.26. The Labute approximate surface area is 227 Å². The molecular weight excluding hydrogens is 526 g/mol. The van der Waals surface area contributed by atoms with E-state index in [0.717, 1.165) is 0 Å². The Morgan fingerprint density at radius 3 is 2.69 bits per heavy atom. The number of anilines is 1. The van der Waals surface area contributed by atoms with Crippen molar-refractivity contribution in [3.05, 3.63) is 87.7 Å². The predicted molar refractivity (Wildman–Crippen MR) is 142 cm³/mol. The standard InChI is InChI=1S/C28H23ClF2N6O2/c1-16-3-2-4-24(36-10-8-17(12-25(36)38)21-13-20(29)6-5-19(21)14-32)22-11-18(7-9-33-22)26-23(35-27(16)39)15-34-37(26)28(30)31/h5-13,15-16,24,28H,2-4H2,1H3,(H,35,39). The number of carbonyl (C=O) groups is 1. The number of hydrogen-bond donors (Lipinski definition) is 1. The minimum Gasteiger partial charge on any atom is -0.323 e. The lowest BCUT2D eigenvalue weighted by atomic mass is 9.96. The van der Waals surface area contributed by atoms with Crippen LogP contribution in [0.1, 0.15) is 50.0 Å². The van der Waals surface area contributed by atoms with E-state index in [9.17, 15) is 23.6 Å². The highest BCUT2D eigenvalue weighted by atomic mass is 35.5. The molecule has 1 aliphatic heterocycles. The minimum atomic E-state index is -2.93. The van der Waals surface area contributed by atoms with Gasteiger partial charge in [-0.25, -0.2) is 4.68 Å². The minimum absolute atomic E-state index is 0.0567. The van der Waals surface area contributed by atoms with Crippen molar-refractivity contribution in [3.63, 3.8) is 0 Å². The smallest absolute Gasteiger partial charge is 0.323 e. The van der Waals surface area contributed by atoms with Gasteiger partial charge in [0, 0.05) is 40.5 Å². The zero-order chi connectivity index (χ0) is 27.7. The molecule has 8 nitrogen and oxygen atoms in total. The molecule has 2 atom stereocenters. The Balaban J connectivity index is 1.63. The zero-order valence-corrected chi connectivity index (χ0v) is 21.6. The molecule has 1 aliphatic rings. The molecular formula is C28H23ClF2N6O2. The average Bonchev–Trinajstić information content (AvgIpc) is 3.34. The first-order valence-corrected chi connectivity index (χ1v) is 12.7. The number of nitrogens with one attached hydrogen (secondary N) is 1. The van der Waals surface area contributed by atoms with Crippen molar-refractivity contribution in [1.82, 2.24) is 19.3 Å². The molecule has 2 unspecified atom stereocenters. The van der Waals surface area contributed by atoms with E-state index in [4.69, 9.17) is 11.6 Å². The third kappa shape index (κ3) is 5.18. The van der Waals surface area contributed by atoms with Crippen molar-refractivity contribution in [3.8, 4) is 28.5 Å². The first kappa shape index (κ1) is 26.3. The largest absolute Gasteiger partial charge is 0.333 e. The summed E-state index contributed by atoms with van der Waals surface area (Å²) in [5.74, 6) is -0.696. The van der Waals surface area contributed by atoms with E-state index < -0.39 is 18.5 Å². The molecule has 39 heavy (non-hydrogen) atoms. The summed E-state index contributed by atoms with van der Waals surface area (Å²) in [5, 5.41) is 16.5. The molecule has 0 radical (unpaired) electrons. The van der Waals surface area contributed by atoms with E-state index in [1.807, 2.05) is 0 Å². The summed E-state index contributed by atoms with van der Waals surface area (Å²) in [4.78, 5) is 30.7. The molecule has 1 aromatic carbocycles. The second-order valence-electron chi connectivity index (χ2n) is 9.40. The van der Waals surface area contributed by atoms with E-state index in [0.29, 0.717) is 56.9 Å². The number of pyridine rings is 2. The quantitative estimate of drug-likeness (QED) is 0.336. The van der Waals surface area contributed by atoms with E-state index in [2.05, 4.69) is 21.5 Å². The van der Waals surface area contributed by atoms with Crippen molar-refractivity contribution in [1.29, 1.82) is 5.26 Å². The van der Waals surface area contributed by atoms with Crippen LogP contribution in [0.5, 0.6) is 0 Å². The Bertz CT molecular complexity index is 1660. The van der Waals surface area contributed by atoms with Gasteiger partial charge in [0.25, 0.3) is 5.56 Å². The maximum atomic E-state index is 13.8. The molecule has 0 saturated heterocycles. The summed E-state index contributed by atoms with van der Waals surface area (Å²) in [7, 11) is 0. The number of rotatable bonds is 3. The molecule has 1 N–H and O–H groups in total. The molecule has 1 amide bonds. The van der Waals surface area contributed by atoms with Crippen LogP contribution in [0.3, 0.4) is 0 Å². The molecule has 0 aliphatic carbocycles. The number of nitriles is 1. The number of fused-ring (bicyclic) bond motifs is 4. The highest BCUT2D eigenvalue weighted by Crippen LogP contribution is 2.35. The Morgan fingerprint density at radius 2 is 1.95 bits per heavy atom. The molecule has 4 aromatic rings. The van der Waals surface area contributed by atoms with Gasteiger partial charge >= 0.3 is 6.55 Å². The van der Waals surface area contributed by atoms with Crippen LogP contribution in [0.15, 0.2) is 65.8 Å². The fourth-order valence-corrected chi connectivity index (χ4v) is 5.04. The van der Waals surface area contributed by atoms with Gasteiger partial charge in [-0.1, -0.05) is 24.9 Å². The third-order valence-corrected chi connectivity index (χ3v) is 7.13. The number of halogens is 3. The van der Waals surface area contributed by atoms with Crippen molar-refractivity contribution < 1.29 is 13.6 Å². The van der Waals surface area contributed by atoms with Gasteiger partial charge in [0.1, 0.15) is 0 Å². The summed E-state index contributed by atoms with van der Waals surface area (Å²) >= 11 is 6.14. The third-order valence-electron chi connectivity index (χ3n) is 6.89. The average molecular weight is 549 g/mol. The summed E-state index contributed by atoms with van der Waals surface area (Å²) < 4.78 is 29.8. The molecule has 4 heterocycles. The summed E-state index contributed by atoms with van der Waals surface area (Å²) in [6.45, 7) is -1.16. The van der Waals surface area contributed by atoms with Gasteiger partial charge in [0.2, 0.25) is 5.91 Å². The van der Waals surface area contributed by atoms with Gasteiger partial charge in [0.15, 0.2) is 0 Å². The Morgan fingerprint density at radius 1 is 1.13 bits per heavy atom.